The van der Waals surface area contributed by atoms with E-state index in [2.05, 4.69) is 10.1 Å². The zero-order chi connectivity index (χ0) is 23.5. The number of esters is 1. The second-order valence-electron chi connectivity index (χ2n) is 7.14. The van der Waals surface area contributed by atoms with Crippen molar-refractivity contribution in [3.05, 3.63) is 71.3 Å². The van der Waals surface area contributed by atoms with E-state index < -0.39 is 48.4 Å². The number of hydrogen-bond donors (Lipinski definition) is 1. The summed E-state index contributed by atoms with van der Waals surface area (Å²) in [6.07, 6.45) is -6.68. The topological polar surface area (TPSA) is 92.8 Å². The molecule has 0 fully saturated rings. The number of imide groups is 1. The number of carbonyl (C=O) groups is 4. The molecule has 0 radical (unpaired) electrons. The maximum atomic E-state index is 13.3. The van der Waals surface area contributed by atoms with E-state index in [1.807, 2.05) is 0 Å². The van der Waals surface area contributed by atoms with Crippen molar-refractivity contribution < 1.29 is 37.1 Å². The molecule has 0 spiro atoms. The lowest BCUT2D eigenvalue weighted by Crippen LogP contribution is -2.55. The van der Waals surface area contributed by atoms with E-state index in [9.17, 15) is 32.3 Å². The van der Waals surface area contributed by atoms with Gasteiger partial charge in [-0.25, -0.2) is 4.79 Å². The molecular formula is C22H19F3N2O5. The summed E-state index contributed by atoms with van der Waals surface area (Å²) in [4.78, 5) is 50.7. The van der Waals surface area contributed by atoms with Crippen molar-refractivity contribution in [3.8, 4) is 0 Å². The zero-order valence-electron chi connectivity index (χ0n) is 16.9. The summed E-state index contributed by atoms with van der Waals surface area (Å²) in [7, 11) is 1.07. The molecule has 0 bridgehead atoms. The molecule has 168 valence electrons. The smallest absolute Gasteiger partial charge is 0.391 e. The lowest BCUT2D eigenvalue weighted by atomic mass is 10.0. The van der Waals surface area contributed by atoms with E-state index in [1.54, 1.807) is 30.3 Å². The van der Waals surface area contributed by atoms with Crippen LogP contribution in [0.1, 0.15) is 32.7 Å². The first-order valence-electron chi connectivity index (χ1n) is 9.58. The molecule has 1 aliphatic rings. The lowest BCUT2D eigenvalue weighted by Gasteiger charge is -2.28. The fourth-order valence-corrected chi connectivity index (χ4v) is 3.46. The van der Waals surface area contributed by atoms with Gasteiger partial charge in [0.05, 0.1) is 24.7 Å². The normalized spacial score (nSPS) is 15.2. The van der Waals surface area contributed by atoms with Crippen molar-refractivity contribution in [1.29, 1.82) is 0 Å². The molecule has 32 heavy (non-hydrogen) atoms. The van der Waals surface area contributed by atoms with Crippen molar-refractivity contribution in [3.63, 3.8) is 0 Å². The van der Waals surface area contributed by atoms with Crippen molar-refractivity contribution in [2.24, 2.45) is 0 Å². The maximum absolute atomic E-state index is 13.3. The first-order chi connectivity index (χ1) is 15.1. The van der Waals surface area contributed by atoms with Gasteiger partial charge in [-0.1, -0.05) is 42.5 Å². The highest BCUT2D eigenvalue weighted by Gasteiger charge is 2.47. The number of alkyl halides is 3. The molecule has 7 nitrogen and oxygen atoms in total. The molecule has 2 aromatic carbocycles. The minimum atomic E-state index is -4.86. The number of hydrogen-bond acceptors (Lipinski definition) is 5. The van der Waals surface area contributed by atoms with Crippen LogP contribution < -0.4 is 5.32 Å². The molecule has 0 aromatic heterocycles. The van der Waals surface area contributed by atoms with E-state index in [0.29, 0.717) is 10.5 Å². The number of ether oxygens (including phenoxy) is 1. The van der Waals surface area contributed by atoms with E-state index in [-0.39, 0.29) is 17.5 Å². The highest BCUT2D eigenvalue weighted by atomic mass is 19.4. The highest BCUT2D eigenvalue weighted by Crippen LogP contribution is 2.30. The number of amides is 3. The minimum Gasteiger partial charge on any atom is -0.467 e. The third-order valence-electron chi connectivity index (χ3n) is 4.95. The number of methoxy groups -OCH3 is 1. The fraction of sp³-hybridized carbons (Fsp3) is 0.273. The van der Waals surface area contributed by atoms with Crippen LogP contribution in [0, 0.1) is 0 Å². The van der Waals surface area contributed by atoms with Crippen LogP contribution in [-0.4, -0.2) is 54.0 Å². The van der Waals surface area contributed by atoms with E-state index in [0.717, 1.165) is 7.11 Å². The van der Waals surface area contributed by atoms with Crippen LogP contribution in [0.25, 0.3) is 0 Å². The van der Waals surface area contributed by atoms with Crippen LogP contribution in [0.5, 0.6) is 0 Å². The van der Waals surface area contributed by atoms with Crippen LogP contribution in [0.2, 0.25) is 0 Å². The van der Waals surface area contributed by atoms with Gasteiger partial charge < -0.3 is 10.1 Å². The van der Waals surface area contributed by atoms with Crippen LogP contribution in [-0.2, 0) is 20.7 Å². The molecule has 1 unspecified atom stereocenters. The fourth-order valence-electron chi connectivity index (χ4n) is 3.46. The van der Waals surface area contributed by atoms with Crippen LogP contribution in [0.3, 0.4) is 0 Å². The van der Waals surface area contributed by atoms with Crippen molar-refractivity contribution >= 4 is 23.7 Å². The van der Waals surface area contributed by atoms with Crippen LogP contribution in [0.4, 0.5) is 13.2 Å². The summed E-state index contributed by atoms with van der Waals surface area (Å²) in [6, 6.07) is 10.4. The van der Waals surface area contributed by atoms with Gasteiger partial charge in [-0.2, -0.15) is 13.2 Å². The Morgan fingerprint density at radius 2 is 1.50 bits per heavy atom. The summed E-state index contributed by atoms with van der Waals surface area (Å²) < 4.78 is 44.5. The predicted molar refractivity (Wildman–Crippen MR) is 105 cm³/mol. The lowest BCUT2D eigenvalue weighted by molar-refractivity contribution is -0.155. The Balaban J connectivity index is 1.90. The number of carbonyl (C=O) groups excluding carboxylic acids is 4. The quantitative estimate of drug-likeness (QED) is 0.519. The predicted octanol–water partition coefficient (Wildman–Crippen LogP) is 2.50. The minimum absolute atomic E-state index is 0.0554. The van der Waals surface area contributed by atoms with Crippen LogP contribution >= 0.6 is 0 Å². The molecule has 2 aromatic rings. The third kappa shape index (κ3) is 4.96. The van der Waals surface area contributed by atoms with Gasteiger partial charge in [0.15, 0.2) is 0 Å². The monoisotopic (exact) mass is 448 g/mol. The van der Waals surface area contributed by atoms with Gasteiger partial charge in [0, 0.05) is 6.42 Å². The second-order valence-corrected chi connectivity index (χ2v) is 7.14. The standard InChI is InChI=1S/C22H19F3N2O5/c1-32-21(31)16(11-13-7-3-2-4-8-13)26-18(28)17(12-22(23,24)25)27-19(29)14-9-5-6-10-15(14)20(27)30/h2-10,16-17H,11-12H2,1H3,(H,26,28)/t16-,17?/m0/s1. The molecule has 3 rings (SSSR count). The molecule has 1 N–H and O–H groups in total. The van der Waals surface area contributed by atoms with Crippen molar-refractivity contribution in [2.45, 2.75) is 31.1 Å². The van der Waals surface area contributed by atoms with Gasteiger partial charge in [-0.15, -0.1) is 0 Å². The van der Waals surface area contributed by atoms with Gasteiger partial charge in [0.25, 0.3) is 11.8 Å². The molecule has 1 heterocycles. The molecule has 1 aliphatic heterocycles. The van der Waals surface area contributed by atoms with Gasteiger partial charge in [0.2, 0.25) is 5.91 Å². The largest absolute Gasteiger partial charge is 0.467 e. The summed E-state index contributed by atoms with van der Waals surface area (Å²) >= 11 is 0. The third-order valence-corrected chi connectivity index (χ3v) is 4.95. The molecular weight excluding hydrogens is 429 g/mol. The first-order valence-corrected chi connectivity index (χ1v) is 9.58. The molecule has 0 saturated carbocycles. The average Bonchev–Trinajstić information content (AvgIpc) is 3.01. The number of nitrogens with zero attached hydrogens (tertiary/aromatic N) is 1. The Kier molecular flexibility index (Phi) is 6.61. The van der Waals surface area contributed by atoms with E-state index >= 15 is 0 Å². The number of halogens is 3. The molecule has 3 amide bonds. The summed E-state index contributed by atoms with van der Waals surface area (Å²) in [5.74, 6) is -4.18. The number of nitrogens with one attached hydrogen (secondary N) is 1. The Labute approximate surface area is 181 Å². The Bertz CT molecular complexity index is 1000. The Hall–Kier alpha value is -3.69. The average molecular weight is 448 g/mol. The van der Waals surface area contributed by atoms with Gasteiger partial charge in [0.1, 0.15) is 12.1 Å². The summed E-state index contributed by atoms with van der Waals surface area (Å²) in [6.45, 7) is 0. The van der Waals surface area contributed by atoms with Crippen molar-refractivity contribution in [1.82, 2.24) is 10.2 Å². The summed E-state index contributed by atoms with van der Waals surface area (Å²) in [5.41, 5.74) is 0.439. The number of rotatable bonds is 7. The molecule has 0 aliphatic carbocycles. The summed E-state index contributed by atoms with van der Waals surface area (Å²) in [5, 5.41) is 2.22. The Morgan fingerprint density at radius 1 is 0.969 bits per heavy atom. The molecule has 2 atom stereocenters. The molecule has 0 saturated heterocycles. The van der Waals surface area contributed by atoms with E-state index in [4.69, 9.17) is 0 Å². The van der Waals surface area contributed by atoms with Gasteiger partial charge in [-0.3, -0.25) is 19.3 Å². The maximum Gasteiger partial charge on any atom is 0.391 e. The highest BCUT2D eigenvalue weighted by molar-refractivity contribution is 6.22. The first kappa shape index (κ1) is 23.0. The molecule has 10 heteroatoms. The number of benzene rings is 2. The van der Waals surface area contributed by atoms with Gasteiger partial charge in [-0.05, 0) is 17.7 Å². The second kappa shape index (κ2) is 9.21. The number of fused-ring (bicyclic) bond motifs is 1. The zero-order valence-corrected chi connectivity index (χ0v) is 16.9. The Morgan fingerprint density at radius 3 is 2.00 bits per heavy atom. The SMILES string of the molecule is COC(=O)[C@H](Cc1ccccc1)NC(=O)C(CC(F)(F)F)N1C(=O)c2ccccc2C1=O. The van der Waals surface area contributed by atoms with Gasteiger partial charge >= 0.3 is 12.1 Å². The van der Waals surface area contributed by atoms with Crippen LogP contribution in [0.15, 0.2) is 54.6 Å². The van der Waals surface area contributed by atoms with E-state index in [1.165, 1.54) is 24.3 Å². The van der Waals surface area contributed by atoms with Crippen molar-refractivity contribution in [2.75, 3.05) is 7.11 Å².